The van der Waals surface area contributed by atoms with E-state index in [1.165, 1.54) is 5.92 Å². The third-order valence-corrected chi connectivity index (χ3v) is 3.17. The van der Waals surface area contributed by atoms with Crippen LogP contribution in [0.5, 0.6) is 0 Å². The van der Waals surface area contributed by atoms with Gasteiger partial charge in [0.2, 0.25) is 0 Å². The molecule has 0 spiro atoms. The van der Waals surface area contributed by atoms with Crippen LogP contribution in [-0.4, -0.2) is 59.3 Å². The highest BCUT2D eigenvalue weighted by molar-refractivity contribution is 5.31. The molecule has 0 heterocycles. The van der Waals surface area contributed by atoms with Crippen LogP contribution in [0, 0.1) is 23.7 Å². The lowest BCUT2D eigenvalue weighted by Gasteiger charge is -2.42. The van der Waals surface area contributed by atoms with Gasteiger partial charge in [0.05, 0.1) is 0 Å². The fourth-order valence-corrected chi connectivity index (χ4v) is 1.44. The molecule has 0 aromatic heterocycles. The molecule has 0 atom stereocenters. The van der Waals surface area contributed by atoms with E-state index in [2.05, 4.69) is 0 Å². The van der Waals surface area contributed by atoms with Gasteiger partial charge in [0.25, 0.3) is 0 Å². The minimum absolute atomic E-state index is 0.235. The van der Waals surface area contributed by atoms with Gasteiger partial charge in [0, 0.05) is 0 Å². The highest BCUT2D eigenvalue weighted by atomic mass is 19.4. The van der Waals surface area contributed by atoms with E-state index in [-0.39, 0.29) is 5.92 Å². The molecule has 0 aromatic carbocycles. The standard InChI is InChI=1S/C13H3F17O/c14-6(15,4-2-1-3-5-31)7(16,17)8(18,19)9(20,21)10(22,23)11(24,25)12(26,27)13(28,29)30/h31H,5H2. The quantitative estimate of drug-likeness (QED) is 0.404. The molecule has 0 aliphatic carbocycles. The molecule has 0 saturated carbocycles. The number of aliphatic hydroxyl groups excluding tert-OH is 1. The zero-order valence-corrected chi connectivity index (χ0v) is 13.6. The number of hydrogen-bond acceptors (Lipinski definition) is 1. The van der Waals surface area contributed by atoms with Crippen LogP contribution < -0.4 is 0 Å². The number of rotatable bonds is 6. The second kappa shape index (κ2) is 7.79. The molecule has 0 bridgehead atoms. The van der Waals surface area contributed by atoms with Crippen molar-refractivity contribution >= 4 is 0 Å². The van der Waals surface area contributed by atoms with Gasteiger partial charge in [-0.25, -0.2) is 0 Å². The largest absolute Gasteiger partial charge is 0.460 e. The van der Waals surface area contributed by atoms with Crippen molar-refractivity contribution in [3.05, 3.63) is 0 Å². The van der Waals surface area contributed by atoms with Gasteiger partial charge in [0.15, 0.2) is 0 Å². The van der Waals surface area contributed by atoms with Crippen LogP contribution in [0.2, 0.25) is 0 Å². The lowest BCUT2D eigenvalue weighted by molar-refractivity contribution is -0.459. The Bertz CT molecular complexity index is 783. The van der Waals surface area contributed by atoms with Gasteiger partial charge in [-0.2, -0.15) is 74.6 Å². The average molecular weight is 498 g/mol. The highest BCUT2D eigenvalue weighted by Crippen LogP contribution is 2.63. The van der Waals surface area contributed by atoms with Gasteiger partial charge in [-0.1, -0.05) is 5.92 Å². The molecule has 31 heavy (non-hydrogen) atoms. The summed E-state index contributed by atoms with van der Waals surface area (Å²) in [5.41, 5.74) is 0. The van der Waals surface area contributed by atoms with Crippen LogP contribution in [0.1, 0.15) is 0 Å². The zero-order chi connectivity index (χ0) is 25.5. The normalized spacial score (nSPS) is 15.0. The van der Waals surface area contributed by atoms with Crippen molar-refractivity contribution in [2.75, 3.05) is 6.61 Å². The Morgan fingerprint density at radius 3 is 1.10 bits per heavy atom. The van der Waals surface area contributed by atoms with Gasteiger partial charge in [-0.3, -0.25) is 0 Å². The highest BCUT2D eigenvalue weighted by Gasteiger charge is 2.95. The van der Waals surface area contributed by atoms with E-state index < -0.39 is 54.2 Å². The SMILES string of the molecule is OCC#CC#CC(F)(F)C(F)(F)C(F)(F)C(F)(F)C(F)(F)C(F)(F)C(F)(F)C(F)(F)F. The number of aliphatic hydroxyl groups is 1. The Balaban J connectivity index is 6.71. The summed E-state index contributed by atoms with van der Waals surface area (Å²) in [5.74, 6) is -54.4. The van der Waals surface area contributed by atoms with Gasteiger partial charge in [-0.05, 0) is 17.8 Å². The van der Waals surface area contributed by atoms with Crippen LogP contribution in [0.4, 0.5) is 74.6 Å². The summed E-state index contributed by atoms with van der Waals surface area (Å²) in [4.78, 5) is 0. The zero-order valence-electron chi connectivity index (χ0n) is 13.6. The molecule has 0 saturated heterocycles. The number of alkyl halides is 17. The molecule has 0 aliphatic rings. The molecule has 0 rings (SSSR count). The van der Waals surface area contributed by atoms with E-state index in [1.54, 1.807) is 0 Å². The first kappa shape index (κ1) is 28.9. The van der Waals surface area contributed by atoms with E-state index in [0.29, 0.717) is 5.92 Å². The summed E-state index contributed by atoms with van der Waals surface area (Å²) in [7, 11) is 0. The summed E-state index contributed by atoms with van der Waals surface area (Å²) < 4.78 is 219. The first-order valence-corrected chi connectivity index (χ1v) is 6.63. The van der Waals surface area contributed by atoms with Gasteiger partial charge in [0.1, 0.15) is 6.61 Å². The maximum Gasteiger partial charge on any atom is 0.460 e. The minimum atomic E-state index is -8.67. The molecule has 0 fully saturated rings. The molecule has 0 aromatic rings. The summed E-state index contributed by atoms with van der Waals surface area (Å²) in [5, 5.41) is 8.09. The Hall–Kier alpha value is -2.11. The lowest BCUT2D eigenvalue weighted by Crippen LogP contribution is -2.74. The van der Waals surface area contributed by atoms with Crippen molar-refractivity contribution in [3.8, 4) is 23.7 Å². The first-order chi connectivity index (χ1) is 13.3. The van der Waals surface area contributed by atoms with Crippen molar-refractivity contribution in [1.82, 2.24) is 0 Å². The van der Waals surface area contributed by atoms with Crippen molar-refractivity contribution in [3.63, 3.8) is 0 Å². The Morgan fingerprint density at radius 2 is 0.774 bits per heavy atom. The average Bonchev–Trinajstić information content (AvgIpc) is 2.56. The molecule has 180 valence electrons. The van der Waals surface area contributed by atoms with Gasteiger partial charge in [-0.15, -0.1) is 0 Å². The number of hydrogen-bond donors (Lipinski definition) is 1. The monoisotopic (exact) mass is 498 g/mol. The first-order valence-electron chi connectivity index (χ1n) is 6.63. The molecule has 0 amide bonds. The second-order valence-electron chi connectivity index (χ2n) is 5.23. The van der Waals surface area contributed by atoms with Crippen molar-refractivity contribution in [2.24, 2.45) is 0 Å². The van der Waals surface area contributed by atoms with Crippen LogP contribution >= 0.6 is 0 Å². The molecular formula is C13H3F17O. The Labute approximate surface area is 159 Å². The molecule has 0 aliphatic heterocycles. The van der Waals surface area contributed by atoms with Crippen molar-refractivity contribution in [2.45, 2.75) is 47.6 Å². The predicted octanol–water partition coefficient (Wildman–Crippen LogP) is 4.99. The molecule has 1 N–H and O–H groups in total. The van der Waals surface area contributed by atoms with E-state index in [0.717, 1.165) is 5.92 Å². The summed E-state index contributed by atoms with van der Waals surface area (Å²) in [6, 6.07) is 0. The molecule has 18 heteroatoms. The maximum absolute atomic E-state index is 13.3. The van der Waals surface area contributed by atoms with Gasteiger partial charge >= 0.3 is 47.6 Å². The maximum atomic E-state index is 13.3. The summed E-state index contributed by atoms with van der Waals surface area (Å²) in [6.45, 7) is -1.19. The smallest absolute Gasteiger partial charge is 0.384 e. The van der Waals surface area contributed by atoms with Crippen LogP contribution in [0.25, 0.3) is 0 Å². The van der Waals surface area contributed by atoms with E-state index in [9.17, 15) is 74.6 Å². The van der Waals surface area contributed by atoms with E-state index in [4.69, 9.17) is 5.11 Å². The summed E-state index contributed by atoms with van der Waals surface area (Å²) in [6.07, 6.45) is -7.80. The van der Waals surface area contributed by atoms with E-state index >= 15 is 0 Å². The Kier molecular flexibility index (Phi) is 7.26. The lowest BCUT2D eigenvalue weighted by atomic mass is 9.89. The van der Waals surface area contributed by atoms with Crippen molar-refractivity contribution < 1.29 is 79.7 Å². The molecule has 0 radical (unpaired) electrons. The topological polar surface area (TPSA) is 20.2 Å². The number of halogens is 17. The third-order valence-electron chi connectivity index (χ3n) is 3.17. The molecular weight excluding hydrogens is 495 g/mol. The van der Waals surface area contributed by atoms with Crippen LogP contribution in [0.15, 0.2) is 0 Å². The van der Waals surface area contributed by atoms with Crippen LogP contribution in [-0.2, 0) is 0 Å². The summed E-state index contributed by atoms with van der Waals surface area (Å²) >= 11 is 0. The Morgan fingerprint density at radius 1 is 0.452 bits per heavy atom. The predicted molar refractivity (Wildman–Crippen MR) is 63.3 cm³/mol. The molecule has 0 unspecified atom stereocenters. The van der Waals surface area contributed by atoms with Crippen molar-refractivity contribution in [1.29, 1.82) is 0 Å². The van der Waals surface area contributed by atoms with Crippen LogP contribution in [0.3, 0.4) is 0 Å². The minimum Gasteiger partial charge on any atom is -0.384 e. The van der Waals surface area contributed by atoms with E-state index in [1.807, 2.05) is 0 Å². The second-order valence-corrected chi connectivity index (χ2v) is 5.23. The fraction of sp³-hybridized carbons (Fsp3) is 0.692. The van der Waals surface area contributed by atoms with Gasteiger partial charge < -0.3 is 5.11 Å². The molecule has 1 nitrogen and oxygen atoms in total. The fourth-order valence-electron chi connectivity index (χ4n) is 1.44. The third kappa shape index (κ3) is 4.06.